The third-order valence-corrected chi connectivity index (χ3v) is 13.2. The molecule has 0 radical (unpaired) electrons. The van der Waals surface area contributed by atoms with Gasteiger partial charge in [0.15, 0.2) is 0 Å². The number of rotatable bonds is 4. The van der Waals surface area contributed by atoms with Crippen molar-refractivity contribution in [2.45, 2.75) is 88.1 Å². The predicted molar refractivity (Wildman–Crippen MR) is 118 cm³/mol. The van der Waals surface area contributed by atoms with E-state index in [4.69, 9.17) is 0 Å². The summed E-state index contributed by atoms with van der Waals surface area (Å²) in [4.78, 5) is 0. The Hall–Kier alpha value is 0.469. The van der Waals surface area contributed by atoms with Gasteiger partial charge in [-0.3, -0.25) is 0 Å². The average molecular weight is 430 g/mol. The van der Waals surface area contributed by atoms with Crippen molar-refractivity contribution >= 4 is 21.1 Å². The zero-order valence-corrected chi connectivity index (χ0v) is 19.8. The van der Waals surface area contributed by atoms with Crippen molar-refractivity contribution in [3.05, 3.63) is 43.3 Å². The van der Waals surface area contributed by atoms with Crippen LogP contribution in [0.25, 0.3) is 0 Å². The van der Waals surface area contributed by atoms with E-state index in [9.17, 15) is 0 Å². The third kappa shape index (κ3) is 5.09. The first-order valence-electron chi connectivity index (χ1n) is 10.3. The molecule has 0 aromatic heterocycles. The van der Waals surface area contributed by atoms with Gasteiger partial charge in [0.2, 0.25) is 0 Å². The van der Waals surface area contributed by atoms with Gasteiger partial charge in [0, 0.05) is 0 Å². The van der Waals surface area contributed by atoms with E-state index in [2.05, 4.69) is 71.0 Å². The molecule has 0 saturated carbocycles. The molecular weight excluding hydrogens is 394 g/mol. The second-order valence-electron chi connectivity index (χ2n) is 8.46. The molecule has 0 nitrogen and oxygen atoms in total. The molecule has 4 rings (SSSR count). The number of hydrogen-bond acceptors (Lipinski definition) is 0. The van der Waals surface area contributed by atoms with Crippen LogP contribution in [0.3, 0.4) is 0 Å². The first kappa shape index (κ1) is 22.8. The van der Waals surface area contributed by atoms with Crippen LogP contribution in [0, 0.1) is 12.8 Å². The minimum absolute atomic E-state index is 0. The van der Waals surface area contributed by atoms with E-state index in [1.807, 2.05) is 0 Å². The van der Waals surface area contributed by atoms with E-state index >= 15 is 0 Å². The Morgan fingerprint density at radius 3 is 2.15 bits per heavy atom. The van der Waals surface area contributed by atoms with Gasteiger partial charge in [0.1, 0.15) is 0 Å². The van der Waals surface area contributed by atoms with Gasteiger partial charge < -0.3 is 6.92 Å². The summed E-state index contributed by atoms with van der Waals surface area (Å²) in [6.45, 7) is 13.6. The summed E-state index contributed by atoms with van der Waals surface area (Å²) >= 11 is 0. The predicted octanol–water partition coefficient (Wildman–Crippen LogP) is 6.90. The van der Waals surface area contributed by atoms with Crippen LogP contribution in [0.4, 0.5) is 0 Å². The normalized spacial score (nSPS) is 36.5. The Kier molecular flexibility index (Phi) is 9.02. The number of allylic oxidation sites excluding steroid dienone is 2. The van der Waals surface area contributed by atoms with Crippen LogP contribution in [0.1, 0.15) is 59.8 Å². The molecule has 146 valence electrons. The molecule has 0 N–H and O–H groups in total. The molecule has 2 saturated heterocycles. The van der Waals surface area contributed by atoms with Gasteiger partial charge in [-0.25, -0.2) is 12.1 Å². The Morgan fingerprint density at radius 1 is 1.00 bits per heavy atom. The molecule has 0 amide bonds. The smallest absolute Gasteiger partial charge is 0.343 e. The van der Waals surface area contributed by atoms with Crippen LogP contribution in [0.15, 0.2) is 36.4 Å². The molecule has 26 heavy (non-hydrogen) atoms. The molecule has 0 spiro atoms. The summed E-state index contributed by atoms with van der Waals surface area (Å²) in [5, 5.41) is 1.62. The van der Waals surface area contributed by atoms with Crippen molar-refractivity contribution in [3.63, 3.8) is 0 Å². The molecule has 3 heteroatoms. The summed E-state index contributed by atoms with van der Waals surface area (Å²) < 4.78 is 0. The quantitative estimate of drug-likeness (QED) is 0.211. The van der Waals surface area contributed by atoms with E-state index in [0.29, 0.717) is 7.92 Å². The largest absolute Gasteiger partial charge is 2.00 e. The minimum atomic E-state index is 0. The average Bonchev–Trinajstić information content (AvgIpc) is 3.20. The van der Waals surface area contributed by atoms with Crippen LogP contribution in [-0.4, -0.2) is 28.3 Å². The minimum Gasteiger partial charge on any atom is -0.343 e. The Bertz CT molecular complexity index is 537. The van der Waals surface area contributed by atoms with Crippen LogP contribution in [0.5, 0.6) is 0 Å². The molecule has 3 aliphatic rings. The molecular formula is C23H36FeP2. The van der Waals surface area contributed by atoms with Crippen LogP contribution in [-0.2, 0) is 17.1 Å². The van der Waals surface area contributed by atoms with Crippen LogP contribution >= 0.6 is 15.8 Å². The van der Waals surface area contributed by atoms with Crippen molar-refractivity contribution in [1.29, 1.82) is 0 Å². The second-order valence-corrected chi connectivity index (χ2v) is 14.9. The molecule has 2 fully saturated rings. The third-order valence-electron chi connectivity index (χ3n) is 6.38. The maximum Gasteiger partial charge on any atom is 2.00 e. The molecule has 6 atom stereocenters. The maximum atomic E-state index is 3.95. The fourth-order valence-electron chi connectivity index (χ4n) is 5.20. The molecule has 0 bridgehead atoms. The Labute approximate surface area is 175 Å². The summed E-state index contributed by atoms with van der Waals surface area (Å²) in [5.41, 5.74) is 4.98. The van der Waals surface area contributed by atoms with Crippen LogP contribution < -0.4 is 5.30 Å². The molecule has 1 unspecified atom stereocenters. The van der Waals surface area contributed by atoms with Crippen molar-refractivity contribution < 1.29 is 17.1 Å². The van der Waals surface area contributed by atoms with Crippen molar-refractivity contribution in [3.8, 4) is 0 Å². The fraction of sp³-hybridized carbons (Fsp3) is 0.652. The van der Waals surface area contributed by atoms with Gasteiger partial charge >= 0.3 is 17.1 Å². The standard InChI is InChI=1S/C13H22P.C10H14P.Fe/c1-4-5-12-6-7-13(9-12)14-10(2)8-11(14)3;1-8-7-9(2)11(8)10-5-3-4-6-10;/h6-7,10-13H,1,4-5,8-9H2,2-3H3;3-6,8-9H,7H2,1-2H3;/q2*-1;+2/t10-,11-,12?,13-;8-,9-;/m00./s1. The summed E-state index contributed by atoms with van der Waals surface area (Å²) in [6.07, 6.45) is 11.8. The molecule has 2 aliphatic heterocycles. The molecule has 1 aliphatic carbocycles. The van der Waals surface area contributed by atoms with E-state index in [1.165, 1.54) is 25.7 Å². The SMILES string of the molecule is C[C@H]1C[C@H](C)P1c1ccc[cH-]1.[CH2-]CCC1C=C[C@H](P2[C@@H](C)C[C@@H]2C)C1.[Fe+2]. The summed E-state index contributed by atoms with van der Waals surface area (Å²) in [7, 11) is 0.556. The van der Waals surface area contributed by atoms with E-state index < -0.39 is 0 Å². The van der Waals surface area contributed by atoms with Crippen molar-refractivity contribution in [2.24, 2.45) is 5.92 Å². The molecule has 1 aromatic carbocycles. The zero-order chi connectivity index (χ0) is 18.0. The van der Waals surface area contributed by atoms with E-state index in [-0.39, 0.29) is 25.0 Å². The van der Waals surface area contributed by atoms with Crippen molar-refractivity contribution in [1.82, 2.24) is 0 Å². The van der Waals surface area contributed by atoms with Gasteiger partial charge in [-0.2, -0.15) is 18.6 Å². The first-order valence-corrected chi connectivity index (χ1v) is 13.3. The molecule has 1 aromatic rings. The summed E-state index contributed by atoms with van der Waals surface area (Å²) in [6, 6.07) is 8.90. The molecule has 2 heterocycles. The monoisotopic (exact) mass is 430 g/mol. The zero-order valence-electron chi connectivity index (χ0n) is 16.9. The van der Waals surface area contributed by atoms with Gasteiger partial charge in [-0.1, -0.05) is 62.1 Å². The van der Waals surface area contributed by atoms with Crippen molar-refractivity contribution in [2.75, 3.05) is 0 Å². The maximum absolute atomic E-state index is 3.95. The Balaban J connectivity index is 0.000000184. The first-order chi connectivity index (χ1) is 12.0. The van der Waals surface area contributed by atoms with Gasteiger partial charge in [0.05, 0.1) is 0 Å². The topological polar surface area (TPSA) is 0 Å². The van der Waals surface area contributed by atoms with E-state index in [1.54, 1.807) is 5.30 Å². The second kappa shape index (κ2) is 10.3. The van der Waals surface area contributed by atoms with Crippen LogP contribution in [0.2, 0.25) is 0 Å². The summed E-state index contributed by atoms with van der Waals surface area (Å²) in [5.74, 6) is 0.861. The van der Waals surface area contributed by atoms with Gasteiger partial charge in [-0.15, -0.1) is 5.30 Å². The van der Waals surface area contributed by atoms with E-state index in [0.717, 1.165) is 40.6 Å². The fourth-order valence-corrected chi connectivity index (χ4v) is 12.0. The Morgan fingerprint density at radius 2 is 1.65 bits per heavy atom. The van der Waals surface area contributed by atoms with Gasteiger partial charge in [-0.05, 0) is 53.5 Å². The number of hydrogen-bond donors (Lipinski definition) is 0. The van der Waals surface area contributed by atoms with Gasteiger partial charge in [0.25, 0.3) is 0 Å².